The Balaban J connectivity index is 0.941. The summed E-state index contributed by atoms with van der Waals surface area (Å²) in [6.07, 6.45) is 1.49. The number of anilines is 2. The molecule has 4 amide bonds. The summed E-state index contributed by atoms with van der Waals surface area (Å²) in [6.45, 7) is 9.55. The molecule has 2 fully saturated rings. The van der Waals surface area contributed by atoms with E-state index in [4.69, 9.17) is 16.3 Å². The Morgan fingerprint density at radius 1 is 1.06 bits per heavy atom. The predicted molar refractivity (Wildman–Crippen MR) is 235 cm³/mol. The third-order valence-corrected chi connectivity index (χ3v) is 12.2. The lowest BCUT2D eigenvalue weighted by Crippen LogP contribution is -2.57. The molecule has 0 aliphatic carbocycles. The van der Waals surface area contributed by atoms with Crippen LogP contribution in [0, 0.1) is 18.3 Å². The van der Waals surface area contributed by atoms with Gasteiger partial charge in [-0.3, -0.25) is 19.2 Å². The number of aryl methyl sites for hydroxylation is 1. The maximum Gasteiger partial charge on any atom is 0.487 e. The Bertz CT molecular complexity index is 2220. The predicted octanol–water partition coefficient (Wildman–Crippen LogP) is 6.74. The highest BCUT2D eigenvalue weighted by molar-refractivity contribution is 9.10. The number of rotatable bonds is 16. The summed E-state index contributed by atoms with van der Waals surface area (Å²) in [6, 6.07) is 13.0. The first-order valence-corrected chi connectivity index (χ1v) is 22.1. The van der Waals surface area contributed by atoms with E-state index >= 15 is 0 Å². The van der Waals surface area contributed by atoms with E-state index in [9.17, 15) is 33.1 Å². The van der Waals surface area contributed by atoms with Gasteiger partial charge in [0, 0.05) is 68.4 Å². The number of benzene rings is 2. The third kappa shape index (κ3) is 12.5. The Hall–Kier alpha value is -4.75. The van der Waals surface area contributed by atoms with Crippen molar-refractivity contribution in [1.82, 2.24) is 25.5 Å². The number of ether oxygens (including phenoxy) is 2. The van der Waals surface area contributed by atoms with Crippen molar-refractivity contribution in [2.45, 2.75) is 77.3 Å². The minimum Gasteiger partial charge on any atom is -0.420 e. The van der Waals surface area contributed by atoms with Gasteiger partial charge in [0.25, 0.3) is 5.91 Å². The van der Waals surface area contributed by atoms with Gasteiger partial charge in [-0.1, -0.05) is 45.0 Å². The molecule has 4 N–H and O–H groups in total. The average Bonchev–Trinajstić information content (AvgIpc) is 3.97. The van der Waals surface area contributed by atoms with Crippen molar-refractivity contribution in [3.8, 4) is 16.2 Å². The number of β-amino-alcohol motifs (C(OH)–C–C–N with tert-alkyl or cyclic N) is 1. The summed E-state index contributed by atoms with van der Waals surface area (Å²) >= 11 is 9.89. The third-order valence-electron chi connectivity index (χ3n) is 10.6. The number of carbonyl (C=O) groups excluding carboxylic acids is 4. The number of hydrogen-bond donors (Lipinski definition) is 4. The average molecular weight is 961 g/mol. The zero-order valence-corrected chi connectivity index (χ0v) is 37.8. The molecule has 2 saturated heterocycles. The quantitative estimate of drug-likeness (QED) is 0.0696. The van der Waals surface area contributed by atoms with Gasteiger partial charge >= 0.3 is 5.57 Å². The van der Waals surface area contributed by atoms with Crippen molar-refractivity contribution >= 4 is 74.0 Å². The fourth-order valence-corrected chi connectivity index (χ4v) is 8.82. The van der Waals surface area contributed by atoms with Gasteiger partial charge in [0.15, 0.2) is 0 Å². The van der Waals surface area contributed by atoms with E-state index in [1.165, 1.54) is 35.4 Å². The van der Waals surface area contributed by atoms with Crippen LogP contribution in [0.1, 0.15) is 61.6 Å². The normalized spacial score (nSPS) is 18.4. The number of aliphatic hydroxyl groups excluding tert-OH is 1. The van der Waals surface area contributed by atoms with E-state index in [0.29, 0.717) is 35.7 Å². The number of alkyl halides is 3. The number of thiazole rings is 1. The van der Waals surface area contributed by atoms with Gasteiger partial charge in [-0.25, -0.2) is 9.97 Å². The van der Waals surface area contributed by atoms with Gasteiger partial charge in [0.1, 0.15) is 23.7 Å². The molecule has 332 valence electrons. The van der Waals surface area contributed by atoms with Crippen LogP contribution >= 0.6 is 38.9 Å². The van der Waals surface area contributed by atoms with Gasteiger partial charge in [-0.05, 0) is 76.1 Å². The zero-order valence-electron chi connectivity index (χ0n) is 34.6. The monoisotopic (exact) mass is 959 g/mol. The zero-order chi connectivity index (χ0) is 44.8. The van der Waals surface area contributed by atoms with Crippen molar-refractivity contribution < 1.29 is 42.5 Å². The lowest BCUT2D eigenvalue weighted by molar-refractivity contribution is -0.144. The number of nitrogens with zero attached hydrogens (tertiary/aromatic N) is 4. The largest absolute Gasteiger partial charge is 0.487 e. The molecular formula is C43H49BrClF2N7O7S. The van der Waals surface area contributed by atoms with Crippen molar-refractivity contribution in [3.63, 3.8) is 0 Å². The molecule has 2 aliphatic heterocycles. The molecule has 0 saturated carbocycles. The summed E-state index contributed by atoms with van der Waals surface area (Å²) in [5.74, 6) is -0.988. The summed E-state index contributed by atoms with van der Waals surface area (Å²) < 4.78 is 36.6. The number of likely N-dealkylation sites (tertiary alicyclic amines) is 1. The fraction of sp³-hybridized carbons (Fsp3) is 0.442. The Labute approximate surface area is 375 Å². The lowest BCUT2D eigenvalue weighted by atomic mass is 9.85. The molecule has 4 atom stereocenters. The molecule has 6 rings (SSSR count). The van der Waals surface area contributed by atoms with Crippen LogP contribution in [0.15, 0.2) is 70.8 Å². The fourth-order valence-electron chi connectivity index (χ4n) is 7.32. The molecule has 4 aromatic rings. The first kappa shape index (κ1) is 46.7. The SMILES string of the molecule is Cc1ncsc1-c1ccc(CNC(=O)[C@@H]2C[C@@H](O)CN2C(=O)[C@@H](NC(=O)CCOC[C@H]2CCN(c3ncc(C(=O)Nc4ccc(OC(F)(F)Cl)cc4)cc3Br)C2)C(C)(C)C)cc1. The van der Waals surface area contributed by atoms with Gasteiger partial charge in [-0.2, -0.15) is 0 Å². The van der Waals surface area contributed by atoms with Crippen LogP contribution < -0.4 is 25.6 Å². The van der Waals surface area contributed by atoms with E-state index in [0.717, 1.165) is 28.1 Å². The van der Waals surface area contributed by atoms with Crippen LogP contribution in [-0.2, 0) is 25.7 Å². The standard InChI is InChI=1S/C43H49BrClF2N7O7S/c1-25-36(62-24-50-25)28-7-5-26(6-8-28)19-49-40(58)34-18-31(55)22-54(34)41(59)37(42(2,3)4)52-35(56)14-16-60-23-27-13-15-53(21-27)38-33(44)17-29(20-48-38)39(57)51-30-9-11-32(12-10-30)61-43(45,46)47/h5-12,17,20,24,27,31,34,37,55H,13-16,18-19,21-23H2,1-4H3,(H,49,58)(H,51,57)(H,52,56)/t27-,31+,34-,37+/m0/s1. The van der Waals surface area contributed by atoms with Crippen molar-refractivity contribution in [2.75, 3.05) is 43.1 Å². The minimum atomic E-state index is -3.85. The first-order chi connectivity index (χ1) is 29.3. The molecule has 2 aliphatic rings. The second-order valence-corrected chi connectivity index (χ2v) is 18.6. The number of hydrogen-bond acceptors (Lipinski definition) is 11. The Kier molecular flexibility index (Phi) is 15.2. The van der Waals surface area contributed by atoms with Gasteiger partial charge in [0.05, 0.1) is 45.4 Å². The van der Waals surface area contributed by atoms with E-state index < -0.39 is 41.0 Å². The van der Waals surface area contributed by atoms with Crippen molar-refractivity contribution in [1.29, 1.82) is 0 Å². The van der Waals surface area contributed by atoms with Gasteiger partial charge in [-0.15, -0.1) is 20.1 Å². The van der Waals surface area contributed by atoms with E-state index in [1.54, 1.807) is 22.9 Å². The molecule has 0 bridgehead atoms. The second kappa shape index (κ2) is 20.2. The first-order valence-electron chi connectivity index (χ1n) is 20.0. The molecule has 0 unspecified atom stereocenters. The van der Waals surface area contributed by atoms with E-state index in [1.807, 2.05) is 52.0 Å². The smallest absolute Gasteiger partial charge is 0.420 e. The minimum absolute atomic E-state index is 0.0160. The Morgan fingerprint density at radius 3 is 2.44 bits per heavy atom. The lowest BCUT2D eigenvalue weighted by Gasteiger charge is -2.35. The van der Waals surface area contributed by atoms with Crippen LogP contribution in [0.25, 0.3) is 10.4 Å². The van der Waals surface area contributed by atoms with E-state index in [-0.39, 0.29) is 61.6 Å². The summed E-state index contributed by atoms with van der Waals surface area (Å²) in [5, 5.41) is 19.1. The van der Waals surface area contributed by atoms with Crippen LogP contribution in [0.5, 0.6) is 5.75 Å². The number of aliphatic hydroxyl groups is 1. The molecule has 19 heteroatoms. The Morgan fingerprint density at radius 2 is 1.79 bits per heavy atom. The van der Waals surface area contributed by atoms with Gasteiger partial charge < -0.3 is 40.3 Å². The summed E-state index contributed by atoms with van der Waals surface area (Å²) in [5.41, 5.74) is 0.777. The highest BCUT2D eigenvalue weighted by atomic mass is 79.9. The molecule has 0 radical (unpaired) electrons. The number of carbonyl (C=O) groups is 4. The highest BCUT2D eigenvalue weighted by Gasteiger charge is 2.44. The number of pyridine rings is 1. The van der Waals surface area contributed by atoms with Crippen molar-refractivity contribution in [2.24, 2.45) is 11.3 Å². The van der Waals surface area contributed by atoms with Crippen LogP contribution in [0.2, 0.25) is 0 Å². The molecule has 62 heavy (non-hydrogen) atoms. The summed E-state index contributed by atoms with van der Waals surface area (Å²) in [7, 11) is 0. The number of nitrogens with one attached hydrogen (secondary N) is 3. The number of aromatic nitrogens is 2. The molecule has 0 spiro atoms. The molecular weight excluding hydrogens is 912 g/mol. The van der Waals surface area contributed by atoms with Crippen molar-refractivity contribution in [3.05, 3.63) is 87.6 Å². The summed E-state index contributed by atoms with van der Waals surface area (Å²) in [4.78, 5) is 66.9. The van der Waals surface area contributed by atoms with Gasteiger partial charge in [0.2, 0.25) is 17.7 Å². The molecule has 4 heterocycles. The van der Waals surface area contributed by atoms with Crippen LogP contribution in [0.3, 0.4) is 0 Å². The topological polar surface area (TPSA) is 175 Å². The highest BCUT2D eigenvalue weighted by Crippen LogP contribution is 2.32. The van der Waals surface area contributed by atoms with E-state index in [2.05, 4.69) is 51.5 Å². The maximum absolute atomic E-state index is 14.0. The molecule has 2 aromatic heterocycles. The number of amides is 4. The molecule has 2 aromatic carbocycles. The maximum atomic E-state index is 14.0. The molecule has 14 nitrogen and oxygen atoms in total. The number of halogens is 4. The van der Waals surface area contributed by atoms with Crippen LogP contribution in [0.4, 0.5) is 20.3 Å². The van der Waals surface area contributed by atoms with Crippen LogP contribution in [-0.4, -0.2) is 100 Å². The second-order valence-electron chi connectivity index (χ2n) is 16.4.